The van der Waals surface area contributed by atoms with E-state index in [2.05, 4.69) is 34.6 Å². The number of hydrogen-bond donors (Lipinski definition) is 0. The minimum Gasteiger partial charge on any atom is -0.324 e. The zero-order valence-corrected chi connectivity index (χ0v) is 10.5. The number of hydrogen-bond acceptors (Lipinski definition) is 1. The molecule has 0 amide bonds. The Morgan fingerprint density at radius 1 is 1.00 bits per heavy atom. The standard InChI is InChI=1S/C10H23OP/c1-9(2,3)8-10(4,5)12(6,7)11/h8H2,1-7H3. The first-order valence-electron chi connectivity index (χ1n) is 4.51. The molecule has 0 saturated carbocycles. The first-order chi connectivity index (χ1) is 4.96. The Balaban J connectivity index is 4.56. The van der Waals surface area contributed by atoms with Crippen molar-refractivity contribution in [1.82, 2.24) is 0 Å². The summed E-state index contributed by atoms with van der Waals surface area (Å²) in [5, 5.41) is -0.0226. The molecule has 2 heteroatoms. The minimum atomic E-state index is -1.97. The van der Waals surface area contributed by atoms with Gasteiger partial charge in [-0.25, -0.2) is 0 Å². The van der Waals surface area contributed by atoms with E-state index < -0.39 is 7.14 Å². The van der Waals surface area contributed by atoms with Crippen molar-refractivity contribution in [3.8, 4) is 0 Å². The van der Waals surface area contributed by atoms with Gasteiger partial charge in [0, 0.05) is 5.16 Å². The molecule has 0 bridgehead atoms. The van der Waals surface area contributed by atoms with E-state index in [0.717, 1.165) is 6.42 Å². The molecule has 0 rings (SSSR count). The van der Waals surface area contributed by atoms with E-state index in [1.165, 1.54) is 0 Å². The zero-order chi connectivity index (χ0) is 10.2. The maximum atomic E-state index is 11.9. The predicted octanol–water partition coefficient (Wildman–Crippen LogP) is 3.82. The zero-order valence-electron chi connectivity index (χ0n) is 9.56. The van der Waals surface area contributed by atoms with Crippen molar-refractivity contribution in [2.75, 3.05) is 13.3 Å². The van der Waals surface area contributed by atoms with Gasteiger partial charge in [0.2, 0.25) is 0 Å². The van der Waals surface area contributed by atoms with Gasteiger partial charge in [0.1, 0.15) is 0 Å². The Morgan fingerprint density at radius 3 is 1.42 bits per heavy atom. The Kier molecular flexibility index (Phi) is 3.24. The molecule has 0 aromatic carbocycles. The van der Waals surface area contributed by atoms with E-state index in [4.69, 9.17) is 0 Å². The molecule has 0 aliphatic rings. The van der Waals surface area contributed by atoms with E-state index >= 15 is 0 Å². The highest BCUT2D eigenvalue weighted by Gasteiger charge is 2.35. The van der Waals surface area contributed by atoms with Crippen LogP contribution in [-0.2, 0) is 4.57 Å². The van der Waals surface area contributed by atoms with Gasteiger partial charge in [-0.1, -0.05) is 34.6 Å². The van der Waals surface area contributed by atoms with Gasteiger partial charge < -0.3 is 4.57 Å². The molecule has 0 unspecified atom stereocenters. The van der Waals surface area contributed by atoms with Crippen LogP contribution in [0.2, 0.25) is 0 Å². The lowest BCUT2D eigenvalue weighted by atomic mass is 9.86. The van der Waals surface area contributed by atoms with E-state index in [9.17, 15) is 4.57 Å². The third kappa shape index (κ3) is 3.76. The van der Waals surface area contributed by atoms with Crippen LogP contribution in [0.3, 0.4) is 0 Å². The van der Waals surface area contributed by atoms with Crippen molar-refractivity contribution in [1.29, 1.82) is 0 Å². The van der Waals surface area contributed by atoms with Gasteiger partial charge in [-0.05, 0) is 25.2 Å². The molecule has 0 spiro atoms. The van der Waals surface area contributed by atoms with Crippen molar-refractivity contribution in [3.05, 3.63) is 0 Å². The fraction of sp³-hybridized carbons (Fsp3) is 1.00. The highest BCUT2D eigenvalue weighted by atomic mass is 31.2. The van der Waals surface area contributed by atoms with Crippen LogP contribution in [0.15, 0.2) is 0 Å². The SMILES string of the molecule is CC(C)(C)CC(C)(C)P(C)(C)=O. The summed E-state index contributed by atoms with van der Waals surface area (Å²) < 4.78 is 11.9. The van der Waals surface area contributed by atoms with Crippen LogP contribution in [0.25, 0.3) is 0 Å². The molecule has 0 aromatic heterocycles. The molecule has 0 N–H and O–H groups in total. The van der Waals surface area contributed by atoms with Crippen molar-refractivity contribution in [2.24, 2.45) is 5.41 Å². The summed E-state index contributed by atoms with van der Waals surface area (Å²) in [4.78, 5) is 0. The molecule has 0 atom stereocenters. The van der Waals surface area contributed by atoms with E-state index in [1.54, 1.807) is 0 Å². The Morgan fingerprint density at radius 2 is 1.33 bits per heavy atom. The minimum absolute atomic E-state index is 0.0226. The molecule has 0 fully saturated rings. The molecule has 0 radical (unpaired) electrons. The molecule has 12 heavy (non-hydrogen) atoms. The molecule has 0 heterocycles. The summed E-state index contributed by atoms with van der Waals surface area (Å²) in [6, 6.07) is 0. The molecule has 0 aromatic rings. The highest BCUT2D eigenvalue weighted by Crippen LogP contribution is 2.55. The summed E-state index contributed by atoms with van der Waals surface area (Å²) in [5.74, 6) is 0. The molecular formula is C10H23OP. The van der Waals surface area contributed by atoms with Gasteiger partial charge in [-0.15, -0.1) is 0 Å². The largest absolute Gasteiger partial charge is 0.324 e. The average molecular weight is 190 g/mol. The summed E-state index contributed by atoms with van der Waals surface area (Å²) in [5.41, 5.74) is 0.269. The fourth-order valence-corrected chi connectivity index (χ4v) is 2.34. The molecule has 0 aliphatic heterocycles. The van der Waals surface area contributed by atoms with E-state index in [-0.39, 0.29) is 10.6 Å². The van der Waals surface area contributed by atoms with Gasteiger partial charge in [-0.3, -0.25) is 0 Å². The summed E-state index contributed by atoms with van der Waals surface area (Å²) in [6.07, 6.45) is 1.02. The van der Waals surface area contributed by atoms with E-state index in [0.29, 0.717) is 0 Å². The summed E-state index contributed by atoms with van der Waals surface area (Å²) >= 11 is 0. The third-order valence-corrected chi connectivity index (χ3v) is 5.49. The monoisotopic (exact) mass is 190 g/mol. The lowest BCUT2D eigenvalue weighted by Gasteiger charge is -2.35. The quantitative estimate of drug-likeness (QED) is 0.605. The highest BCUT2D eigenvalue weighted by molar-refractivity contribution is 7.63. The Hall–Kier alpha value is 0.230. The molecule has 0 saturated heterocycles. The second-order valence-electron chi connectivity index (χ2n) is 5.90. The molecule has 74 valence electrons. The van der Waals surface area contributed by atoms with E-state index in [1.807, 2.05) is 13.3 Å². The summed E-state index contributed by atoms with van der Waals surface area (Å²) in [6.45, 7) is 14.6. The second-order valence-corrected chi connectivity index (χ2v) is 9.81. The lowest BCUT2D eigenvalue weighted by Crippen LogP contribution is -2.26. The first-order valence-corrected chi connectivity index (χ1v) is 7.11. The van der Waals surface area contributed by atoms with Crippen LogP contribution >= 0.6 is 7.14 Å². The lowest BCUT2D eigenvalue weighted by molar-refractivity contribution is 0.329. The van der Waals surface area contributed by atoms with Crippen LogP contribution < -0.4 is 0 Å². The second kappa shape index (κ2) is 3.18. The fourth-order valence-electron chi connectivity index (χ4n) is 1.49. The average Bonchev–Trinajstić information content (AvgIpc) is 1.52. The van der Waals surface area contributed by atoms with Crippen LogP contribution in [0, 0.1) is 5.41 Å². The predicted molar refractivity (Wildman–Crippen MR) is 57.6 cm³/mol. The van der Waals surface area contributed by atoms with Crippen LogP contribution in [0.4, 0.5) is 0 Å². The van der Waals surface area contributed by atoms with Gasteiger partial charge in [0.15, 0.2) is 0 Å². The summed E-state index contributed by atoms with van der Waals surface area (Å²) in [7, 11) is -1.97. The van der Waals surface area contributed by atoms with Gasteiger partial charge in [0.05, 0.1) is 7.14 Å². The third-order valence-electron chi connectivity index (χ3n) is 2.42. The van der Waals surface area contributed by atoms with Crippen LogP contribution in [0.5, 0.6) is 0 Å². The maximum absolute atomic E-state index is 11.9. The van der Waals surface area contributed by atoms with Crippen molar-refractivity contribution < 1.29 is 4.57 Å². The van der Waals surface area contributed by atoms with Crippen LogP contribution in [0.1, 0.15) is 41.0 Å². The van der Waals surface area contributed by atoms with Gasteiger partial charge in [-0.2, -0.15) is 0 Å². The van der Waals surface area contributed by atoms with Crippen molar-refractivity contribution in [2.45, 2.75) is 46.2 Å². The van der Waals surface area contributed by atoms with Crippen molar-refractivity contribution >= 4 is 7.14 Å². The molecule has 0 aliphatic carbocycles. The Bertz CT molecular complexity index is 192. The molecule has 1 nitrogen and oxygen atoms in total. The first kappa shape index (κ1) is 12.2. The van der Waals surface area contributed by atoms with Crippen molar-refractivity contribution in [3.63, 3.8) is 0 Å². The van der Waals surface area contributed by atoms with Gasteiger partial charge >= 0.3 is 0 Å². The Labute approximate surface area is 77.3 Å². The maximum Gasteiger partial charge on any atom is 0.0872 e. The smallest absolute Gasteiger partial charge is 0.0872 e. The van der Waals surface area contributed by atoms with Gasteiger partial charge in [0.25, 0.3) is 0 Å². The van der Waals surface area contributed by atoms with Crippen LogP contribution in [-0.4, -0.2) is 18.5 Å². The normalized spacial score (nSPS) is 14.9. The number of rotatable bonds is 2. The molecular weight excluding hydrogens is 167 g/mol. The topological polar surface area (TPSA) is 17.1 Å².